The summed E-state index contributed by atoms with van der Waals surface area (Å²) >= 11 is 3.39. The van der Waals surface area contributed by atoms with Gasteiger partial charge in [0.05, 0.1) is 6.61 Å². The molecule has 0 saturated carbocycles. The van der Waals surface area contributed by atoms with Crippen LogP contribution in [0.4, 0.5) is 4.39 Å². The minimum atomic E-state index is -0.234. The standard InChI is InChI=1S/C14H21BrFNO/c1-3-13(4-2)17(7-8-18)10-11-5-6-12(16)9-14(11)15/h5-6,9,13,18H,3-4,7-8,10H2,1-2H3. The van der Waals surface area contributed by atoms with Gasteiger partial charge in [0.1, 0.15) is 5.82 Å². The average Bonchev–Trinajstić information content (AvgIpc) is 2.34. The molecule has 1 rings (SSSR count). The molecule has 0 fully saturated rings. The molecule has 1 aromatic carbocycles. The second-order valence-corrected chi connectivity index (χ2v) is 5.25. The van der Waals surface area contributed by atoms with E-state index >= 15 is 0 Å². The van der Waals surface area contributed by atoms with Crippen LogP contribution in [0.5, 0.6) is 0 Å². The van der Waals surface area contributed by atoms with Crippen molar-refractivity contribution in [3.05, 3.63) is 34.1 Å². The van der Waals surface area contributed by atoms with E-state index in [0.29, 0.717) is 12.6 Å². The molecule has 0 bridgehead atoms. The third-order valence-electron chi connectivity index (χ3n) is 3.23. The Morgan fingerprint density at radius 3 is 2.50 bits per heavy atom. The quantitative estimate of drug-likeness (QED) is 0.831. The van der Waals surface area contributed by atoms with Crippen LogP contribution >= 0.6 is 15.9 Å². The van der Waals surface area contributed by atoms with Crippen LogP contribution < -0.4 is 0 Å². The van der Waals surface area contributed by atoms with Crippen molar-refractivity contribution < 1.29 is 9.50 Å². The lowest BCUT2D eigenvalue weighted by molar-refractivity contribution is 0.136. The third kappa shape index (κ3) is 4.34. The second kappa shape index (κ2) is 7.87. The van der Waals surface area contributed by atoms with Crippen molar-refractivity contribution in [3.8, 4) is 0 Å². The number of benzene rings is 1. The number of halogens is 2. The zero-order valence-electron chi connectivity index (χ0n) is 11.0. The monoisotopic (exact) mass is 317 g/mol. The van der Waals surface area contributed by atoms with Crippen molar-refractivity contribution in [1.29, 1.82) is 0 Å². The molecular weight excluding hydrogens is 297 g/mol. The fourth-order valence-corrected chi connectivity index (χ4v) is 2.67. The first kappa shape index (κ1) is 15.6. The molecule has 0 saturated heterocycles. The van der Waals surface area contributed by atoms with Gasteiger partial charge in [-0.1, -0.05) is 35.8 Å². The Hall–Kier alpha value is -0.450. The Balaban J connectivity index is 2.82. The van der Waals surface area contributed by atoms with E-state index in [0.717, 1.165) is 29.4 Å². The van der Waals surface area contributed by atoms with E-state index in [1.807, 2.05) is 0 Å². The number of rotatable bonds is 7. The average molecular weight is 318 g/mol. The Bertz CT molecular complexity index is 369. The van der Waals surface area contributed by atoms with Crippen molar-refractivity contribution >= 4 is 15.9 Å². The van der Waals surface area contributed by atoms with E-state index in [1.54, 1.807) is 6.07 Å². The zero-order valence-corrected chi connectivity index (χ0v) is 12.6. The molecule has 1 N–H and O–H groups in total. The lowest BCUT2D eigenvalue weighted by atomic mass is 10.1. The molecule has 0 spiro atoms. The summed E-state index contributed by atoms with van der Waals surface area (Å²) in [6, 6.07) is 5.21. The maximum absolute atomic E-state index is 13.0. The number of nitrogens with zero attached hydrogens (tertiary/aromatic N) is 1. The van der Waals surface area contributed by atoms with Gasteiger partial charge in [-0.3, -0.25) is 4.90 Å². The summed E-state index contributed by atoms with van der Waals surface area (Å²) < 4.78 is 13.8. The van der Waals surface area contributed by atoms with Gasteiger partial charge < -0.3 is 5.11 Å². The Labute approximate surface area is 117 Å². The van der Waals surface area contributed by atoms with Crippen molar-refractivity contribution in [2.24, 2.45) is 0 Å². The van der Waals surface area contributed by atoms with E-state index in [4.69, 9.17) is 5.11 Å². The van der Waals surface area contributed by atoms with Gasteiger partial charge in [0.2, 0.25) is 0 Å². The van der Waals surface area contributed by atoms with Gasteiger partial charge in [-0.15, -0.1) is 0 Å². The highest BCUT2D eigenvalue weighted by Crippen LogP contribution is 2.21. The molecule has 0 aliphatic carbocycles. The van der Waals surface area contributed by atoms with Gasteiger partial charge in [0, 0.05) is 23.6 Å². The molecule has 0 aromatic heterocycles. The van der Waals surface area contributed by atoms with E-state index in [2.05, 4.69) is 34.7 Å². The number of hydrogen-bond donors (Lipinski definition) is 1. The van der Waals surface area contributed by atoms with E-state index in [-0.39, 0.29) is 12.4 Å². The van der Waals surface area contributed by atoms with Gasteiger partial charge in [-0.25, -0.2) is 4.39 Å². The van der Waals surface area contributed by atoms with Crippen LogP contribution in [0.25, 0.3) is 0 Å². The number of hydrogen-bond acceptors (Lipinski definition) is 2. The normalized spacial score (nSPS) is 11.5. The maximum atomic E-state index is 13.0. The largest absolute Gasteiger partial charge is 0.395 e. The Morgan fingerprint density at radius 2 is 2.00 bits per heavy atom. The molecule has 1 aromatic rings. The lowest BCUT2D eigenvalue weighted by Gasteiger charge is -2.30. The highest BCUT2D eigenvalue weighted by Gasteiger charge is 2.16. The van der Waals surface area contributed by atoms with Crippen LogP contribution in [0.2, 0.25) is 0 Å². The zero-order chi connectivity index (χ0) is 13.5. The van der Waals surface area contributed by atoms with Crippen molar-refractivity contribution in [1.82, 2.24) is 4.90 Å². The van der Waals surface area contributed by atoms with Crippen LogP contribution in [-0.2, 0) is 6.54 Å². The minimum Gasteiger partial charge on any atom is -0.395 e. The molecule has 0 atom stereocenters. The molecule has 0 amide bonds. The molecule has 0 unspecified atom stereocenters. The van der Waals surface area contributed by atoms with Gasteiger partial charge in [-0.05, 0) is 30.5 Å². The third-order valence-corrected chi connectivity index (χ3v) is 3.97. The summed E-state index contributed by atoms with van der Waals surface area (Å²) in [5.41, 5.74) is 1.05. The summed E-state index contributed by atoms with van der Waals surface area (Å²) in [6.45, 7) is 5.83. The molecule has 4 heteroatoms. The fraction of sp³-hybridized carbons (Fsp3) is 0.571. The van der Waals surface area contributed by atoms with Crippen LogP contribution in [0, 0.1) is 5.82 Å². The predicted octanol–water partition coefficient (Wildman–Crippen LogP) is 3.57. The van der Waals surface area contributed by atoms with Crippen LogP contribution in [0.15, 0.2) is 22.7 Å². The number of aliphatic hydroxyl groups excluding tert-OH is 1. The first-order valence-corrected chi connectivity index (χ1v) is 7.20. The molecule has 0 heterocycles. The molecule has 0 aliphatic rings. The van der Waals surface area contributed by atoms with Crippen LogP contribution in [-0.4, -0.2) is 29.2 Å². The summed E-state index contributed by atoms with van der Waals surface area (Å²) in [4.78, 5) is 2.25. The highest BCUT2D eigenvalue weighted by atomic mass is 79.9. The van der Waals surface area contributed by atoms with Gasteiger partial charge in [0.15, 0.2) is 0 Å². The van der Waals surface area contributed by atoms with Crippen molar-refractivity contribution in [2.45, 2.75) is 39.3 Å². The van der Waals surface area contributed by atoms with Crippen LogP contribution in [0.3, 0.4) is 0 Å². The summed E-state index contributed by atoms with van der Waals surface area (Å²) in [7, 11) is 0. The van der Waals surface area contributed by atoms with E-state index in [9.17, 15) is 4.39 Å². The predicted molar refractivity (Wildman–Crippen MR) is 76.0 cm³/mol. The Kier molecular flexibility index (Phi) is 6.82. The lowest BCUT2D eigenvalue weighted by Crippen LogP contribution is -2.36. The topological polar surface area (TPSA) is 23.5 Å². The van der Waals surface area contributed by atoms with Crippen LogP contribution in [0.1, 0.15) is 32.3 Å². The molecule has 102 valence electrons. The summed E-state index contributed by atoms with van der Waals surface area (Å²) in [5.74, 6) is -0.234. The minimum absolute atomic E-state index is 0.148. The summed E-state index contributed by atoms with van der Waals surface area (Å²) in [5, 5.41) is 9.15. The van der Waals surface area contributed by atoms with Crippen molar-refractivity contribution in [3.63, 3.8) is 0 Å². The maximum Gasteiger partial charge on any atom is 0.124 e. The fourth-order valence-electron chi connectivity index (χ4n) is 2.19. The SMILES string of the molecule is CCC(CC)N(CCO)Cc1ccc(F)cc1Br. The van der Waals surface area contributed by atoms with E-state index < -0.39 is 0 Å². The number of aliphatic hydroxyl groups is 1. The highest BCUT2D eigenvalue weighted by molar-refractivity contribution is 9.10. The Morgan fingerprint density at radius 1 is 1.33 bits per heavy atom. The van der Waals surface area contributed by atoms with E-state index in [1.165, 1.54) is 12.1 Å². The molecular formula is C14H21BrFNO. The first-order valence-electron chi connectivity index (χ1n) is 6.41. The van der Waals surface area contributed by atoms with Gasteiger partial charge in [0.25, 0.3) is 0 Å². The first-order chi connectivity index (χ1) is 8.62. The second-order valence-electron chi connectivity index (χ2n) is 4.40. The molecule has 0 aliphatic heterocycles. The molecule has 2 nitrogen and oxygen atoms in total. The smallest absolute Gasteiger partial charge is 0.124 e. The van der Waals surface area contributed by atoms with Gasteiger partial charge >= 0.3 is 0 Å². The van der Waals surface area contributed by atoms with Gasteiger partial charge in [-0.2, -0.15) is 0 Å². The van der Waals surface area contributed by atoms with Crippen molar-refractivity contribution in [2.75, 3.05) is 13.2 Å². The molecule has 18 heavy (non-hydrogen) atoms. The summed E-state index contributed by atoms with van der Waals surface area (Å²) in [6.07, 6.45) is 2.10. The molecule has 0 radical (unpaired) electrons.